The smallest absolute Gasteiger partial charge is 0.242 e. The van der Waals surface area contributed by atoms with Gasteiger partial charge in [-0.3, -0.25) is 9.69 Å². The molecule has 1 aromatic rings. The molecule has 1 aromatic carbocycles. The van der Waals surface area contributed by atoms with Gasteiger partial charge in [-0.1, -0.05) is 24.3 Å². The Morgan fingerprint density at radius 2 is 1.83 bits per heavy atom. The number of nitrogens with zero attached hydrogens (tertiary/aromatic N) is 2. The Hall–Kier alpha value is -1.43. The average Bonchev–Trinajstić information content (AvgIpc) is 2.55. The summed E-state index contributed by atoms with van der Waals surface area (Å²) in [6.07, 6.45) is 1.88. The second kappa shape index (κ2) is 8.10. The van der Waals surface area contributed by atoms with Crippen LogP contribution in [0.1, 0.15) is 30.0 Å². The van der Waals surface area contributed by atoms with Crippen LogP contribution in [0.4, 0.5) is 0 Å². The van der Waals surface area contributed by atoms with E-state index in [9.17, 15) is 4.79 Å². The molecule has 1 atom stereocenters. The molecule has 2 rings (SSSR count). The Balaban J connectivity index is 2.12. The maximum atomic E-state index is 12.9. The number of rotatable bonds is 6. The van der Waals surface area contributed by atoms with Crippen molar-refractivity contribution in [1.82, 2.24) is 15.1 Å². The topological polar surface area (TPSA) is 44.8 Å². The van der Waals surface area contributed by atoms with E-state index < -0.39 is 0 Å². The minimum absolute atomic E-state index is 0.0174. The second-order valence-electron chi connectivity index (χ2n) is 7.17. The standard InChI is InChI=1S/C19H31N3O2/c1-15-8-6-7-9-16(15)17(21(2)3)18(23)20-14-19(22(4)5)10-12-24-13-11-19/h6-9,17H,10-14H2,1-5H3,(H,20,23). The maximum absolute atomic E-state index is 12.9. The summed E-state index contributed by atoms with van der Waals surface area (Å²) in [5.74, 6) is 0.0574. The Morgan fingerprint density at radius 3 is 2.38 bits per heavy atom. The van der Waals surface area contributed by atoms with Gasteiger partial charge in [0, 0.05) is 25.3 Å². The van der Waals surface area contributed by atoms with Gasteiger partial charge in [0.1, 0.15) is 6.04 Å². The van der Waals surface area contributed by atoms with Crippen LogP contribution in [0.25, 0.3) is 0 Å². The van der Waals surface area contributed by atoms with Gasteiger partial charge in [-0.15, -0.1) is 0 Å². The summed E-state index contributed by atoms with van der Waals surface area (Å²) < 4.78 is 5.50. The lowest BCUT2D eigenvalue weighted by Gasteiger charge is -2.43. The van der Waals surface area contributed by atoms with E-state index in [0.717, 1.165) is 37.2 Å². The molecular weight excluding hydrogens is 302 g/mol. The van der Waals surface area contributed by atoms with E-state index in [1.807, 2.05) is 37.2 Å². The van der Waals surface area contributed by atoms with Crippen LogP contribution in [0.2, 0.25) is 0 Å². The fourth-order valence-electron chi connectivity index (χ4n) is 3.43. The first-order valence-corrected chi connectivity index (χ1v) is 8.62. The first kappa shape index (κ1) is 18.9. The number of carbonyl (C=O) groups excluding carboxylic acids is 1. The third-order valence-corrected chi connectivity index (χ3v) is 5.21. The molecule has 0 bridgehead atoms. The molecule has 24 heavy (non-hydrogen) atoms. The third-order valence-electron chi connectivity index (χ3n) is 5.21. The highest BCUT2D eigenvalue weighted by Gasteiger charge is 2.36. The molecule has 5 nitrogen and oxygen atoms in total. The van der Waals surface area contributed by atoms with Crippen molar-refractivity contribution in [3.05, 3.63) is 35.4 Å². The number of nitrogens with one attached hydrogen (secondary N) is 1. The van der Waals surface area contributed by atoms with E-state index in [2.05, 4.69) is 37.3 Å². The molecule has 134 valence electrons. The molecule has 1 saturated heterocycles. The highest BCUT2D eigenvalue weighted by atomic mass is 16.5. The van der Waals surface area contributed by atoms with Crippen LogP contribution in [0.3, 0.4) is 0 Å². The fourth-order valence-corrected chi connectivity index (χ4v) is 3.43. The predicted octanol–water partition coefficient (Wildman–Crippen LogP) is 1.82. The van der Waals surface area contributed by atoms with Crippen LogP contribution in [0, 0.1) is 6.92 Å². The highest BCUT2D eigenvalue weighted by molar-refractivity contribution is 5.83. The third kappa shape index (κ3) is 4.15. The molecule has 1 unspecified atom stereocenters. The molecular formula is C19H31N3O2. The van der Waals surface area contributed by atoms with E-state index in [1.54, 1.807) is 0 Å². The zero-order valence-electron chi connectivity index (χ0n) is 15.6. The Bertz CT molecular complexity index is 551. The zero-order valence-corrected chi connectivity index (χ0v) is 15.6. The van der Waals surface area contributed by atoms with Gasteiger partial charge in [0.25, 0.3) is 0 Å². The van der Waals surface area contributed by atoms with Gasteiger partial charge in [0.2, 0.25) is 5.91 Å². The van der Waals surface area contributed by atoms with Crippen LogP contribution in [-0.4, -0.2) is 69.2 Å². The number of hydrogen-bond donors (Lipinski definition) is 1. The number of ether oxygens (including phenoxy) is 1. The number of carbonyl (C=O) groups is 1. The van der Waals surface area contributed by atoms with Gasteiger partial charge < -0.3 is 15.0 Å². The lowest BCUT2D eigenvalue weighted by atomic mass is 9.88. The molecule has 0 saturated carbocycles. The largest absolute Gasteiger partial charge is 0.381 e. The monoisotopic (exact) mass is 333 g/mol. The van der Waals surface area contributed by atoms with Gasteiger partial charge in [-0.25, -0.2) is 0 Å². The molecule has 0 aromatic heterocycles. The Labute approximate surface area is 146 Å². The van der Waals surface area contributed by atoms with Gasteiger partial charge in [-0.2, -0.15) is 0 Å². The first-order chi connectivity index (χ1) is 11.4. The molecule has 1 heterocycles. The normalized spacial score (nSPS) is 18.6. The minimum Gasteiger partial charge on any atom is -0.381 e. The Kier molecular flexibility index (Phi) is 6.38. The lowest BCUT2D eigenvalue weighted by molar-refractivity contribution is -0.127. The number of aryl methyl sites for hydroxylation is 1. The number of hydrogen-bond acceptors (Lipinski definition) is 4. The summed E-state index contributed by atoms with van der Waals surface area (Å²) in [6.45, 7) is 4.21. The maximum Gasteiger partial charge on any atom is 0.242 e. The molecule has 1 aliphatic heterocycles. The van der Waals surface area contributed by atoms with Crippen LogP contribution >= 0.6 is 0 Å². The summed E-state index contributed by atoms with van der Waals surface area (Å²) in [6, 6.07) is 7.82. The summed E-state index contributed by atoms with van der Waals surface area (Å²) in [5.41, 5.74) is 2.18. The summed E-state index contributed by atoms with van der Waals surface area (Å²) >= 11 is 0. The zero-order chi connectivity index (χ0) is 17.7. The number of likely N-dealkylation sites (N-methyl/N-ethyl adjacent to an activating group) is 2. The number of amides is 1. The molecule has 1 fully saturated rings. The van der Waals surface area contributed by atoms with E-state index >= 15 is 0 Å². The number of benzene rings is 1. The van der Waals surface area contributed by atoms with Crippen molar-refractivity contribution in [2.24, 2.45) is 0 Å². The van der Waals surface area contributed by atoms with Crippen molar-refractivity contribution < 1.29 is 9.53 Å². The molecule has 0 spiro atoms. The van der Waals surface area contributed by atoms with Crippen LogP contribution < -0.4 is 5.32 Å². The van der Waals surface area contributed by atoms with Crippen molar-refractivity contribution in [1.29, 1.82) is 0 Å². The summed E-state index contributed by atoms with van der Waals surface area (Å²) in [4.78, 5) is 17.1. The molecule has 1 N–H and O–H groups in total. The SMILES string of the molecule is Cc1ccccc1C(C(=O)NCC1(N(C)C)CCOCC1)N(C)C. The summed E-state index contributed by atoms with van der Waals surface area (Å²) in [7, 11) is 8.07. The first-order valence-electron chi connectivity index (χ1n) is 8.62. The van der Waals surface area contributed by atoms with E-state index in [1.165, 1.54) is 0 Å². The summed E-state index contributed by atoms with van der Waals surface area (Å²) in [5, 5.41) is 3.20. The van der Waals surface area contributed by atoms with E-state index in [-0.39, 0.29) is 17.5 Å². The lowest BCUT2D eigenvalue weighted by Crippen LogP contribution is -2.56. The van der Waals surface area contributed by atoms with Gasteiger partial charge in [0.05, 0.1) is 0 Å². The molecule has 5 heteroatoms. The minimum atomic E-state index is -0.273. The van der Waals surface area contributed by atoms with Crippen LogP contribution in [0.5, 0.6) is 0 Å². The second-order valence-corrected chi connectivity index (χ2v) is 7.17. The molecule has 1 aliphatic rings. The molecule has 1 amide bonds. The molecule has 0 aliphatic carbocycles. The van der Waals surface area contributed by atoms with E-state index in [0.29, 0.717) is 6.54 Å². The van der Waals surface area contributed by atoms with Crippen molar-refractivity contribution in [3.8, 4) is 0 Å². The van der Waals surface area contributed by atoms with Crippen LogP contribution in [0.15, 0.2) is 24.3 Å². The van der Waals surface area contributed by atoms with Crippen molar-refractivity contribution >= 4 is 5.91 Å². The van der Waals surface area contributed by atoms with Crippen molar-refractivity contribution in [3.63, 3.8) is 0 Å². The fraction of sp³-hybridized carbons (Fsp3) is 0.632. The van der Waals surface area contributed by atoms with Crippen molar-refractivity contribution in [2.45, 2.75) is 31.3 Å². The predicted molar refractivity (Wildman–Crippen MR) is 97.1 cm³/mol. The quantitative estimate of drug-likeness (QED) is 0.863. The molecule has 0 radical (unpaired) electrons. The highest BCUT2D eigenvalue weighted by Crippen LogP contribution is 2.26. The van der Waals surface area contributed by atoms with Crippen LogP contribution in [-0.2, 0) is 9.53 Å². The average molecular weight is 333 g/mol. The Morgan fingerprint density at radius 1 is 1.21 bits per heavy atom. The van der Waals surface area contributed by atoms with Crippen molar-refractivity contribution in [2.75, 3.05) is 47.9 Å². The van der Waals surface area contributed by atoms with Gasteiger partial charge >= 0.3 is 0 Å². The van der Waals surface area contributed by atoms with Gasteiger partial charge in [-0.05, 0) is 59.1 Å². The van der Waals surface area contributed by atoms with Gasteiger partial charge in [0.15, 0.2) is 0 Å². The van der Waals surface area contributed by atoms with E-state index in [4.69, 9.17) is 4.74 Å².